The highest BCUT2D eigenvalue weighted by atomic mass is 35.5. The first-order valence-corrected chi connectivity index (χ1v) is 24.7. The number of methoxy groups -OCH3 is 4. The normalized spacial score (nSPS) is 12.6. The predicted octanol–water partition coefficient (Wildman–Crippen LogP) is 6.69. The molecule has 0 spiro atoms. The number of rotatable bonds is 16. The Morgan fingerprint density at radius 1 is 0.671 bits per heavy atom. The quantitative estimate of drug-likeness (QED) is 0.0735. The van der Waals surface area contributed by atoms with Crippen LogP contribution in [0.1, 0.15) is 78.8 Å². The number of halogens is 1. The van der Waals surface area contributed by atoms with E-state index in [-0.39, 0.29) is 35.3 Å². The van der Waals surface area contributed by atoms with Gasteiger partial charge in [-0.25, -0.2) is 38.6 Å². The first-order valence-electron chi connectivity index (χ1n) is 22.6. The number of nitrogen functional groups attached to an aromatic ring is 1. The summed E-state index contributed by atoms with van der Waals surface area (Å²) in [7, 11) is 9.77. The van der Waals surface area contributed by atoms with E-state index < -0.39 is 11.9 Å². The van der Waals surface area contributed by atoms with Crippen LogP contribution in [0.25, 0.3) is 11.3 Å². The SMILES string of the molecule is COC(=O)c1ncsc1N.COC(=O)c1ncsc1Nc1cc(N(C)Cc2ccc(OC)cc2)c2ncc(C(=O)NC3CC3)n2n1.COc1ccc(CN(C)c2cc(Cl)nn3c(C(=O)NC4CC4)cnc23)cc1. The number of esters is 2. The molecule has 0 unspecified atom stereocenters. The molecule has 6 heterocycles. The first-order chi connectivity index (χ1) is 35.3. The van der Waals surface area contributed by atoms with E-state index in [1.54, 1.807) is 32.0 Å². The molecule has 8 aromatic rings. The molecule has 2 fully saturated rings. The summed E-state index contributed by atoms with van der Waals surface area (Å²) in [6.07, 6.45) is 7.06. The lowest BCUT2D eigenvalue weighted by atomic mass is 10.2. The molecule has 0 saturated heterocycles. The molecule has 2 amide bonds. The van der Waals surface area contributed by atoms with E-state index in [2.05, 4.69) is 50.8 Å². The van der Waals surface area contributed by atoms with E-state index in [0.717, 1.165) is 59.7 Å². The van der Waals surface area contributed by atoms with E-state index in [1.165, 1.54) is 57.6 Å². The van der Waals surface area contributed by atoms with Crippen molar-refractivity contribution in [3.63, 3.8) is 0 Å². The number of aromatic nitrogens is 8. The lowest BCUT2D eigenvalue weighted by Gasteiger charge is -2.21. The molecule has 2 aliphatic carbocycles. The van der Waals surface area contributed by atoms with E-state index in [1.807, 2.05) is 78.5 Å². The Kier molecular flexibility index (Phi) is 16.1. The van der Waals surface area contributed by atoms with E-state index >= 15 is 0 Å². The maximum absolute atomic E-state index is 12.9. The van der Waals surface area contributed by atoms with Gasteiger partial charge in [0.15, 0.2) is 45.0 Å². The van der Waals surface area contributed by atoms with Crippen LogP contribution in [0, 0.1) is 0 Å². The number of carbonyl (C=O) groups excluding carboxylic acids is 4. The van der Waals surface area contributed by atoms with Crippen molar-refractivity contribution in [2.24, 2.45) is 0 Å². The predicted molar refractivity (Wildman–Crippen MR) is 277 cm³/mol. The molecule has 2 saturated carbocycles. The standard InChI is InChI=1S/C24H25N7O4S.C19H20ClN5O2.C5H6N2O2S/c1-30(12-14-4-8-16(34-2)9-5-14)17-10-19(28-23-20(24(33)35-3)26-13-36-23)29-31-18(11-25-21(17)31)22(32)27-15-6-7-15;1-24(11-12-3-7-14(27-2)8-4-12)15-9-17(20)23-25-16(10-21-18(15)25)19(26)22-13-5-6-13;1-9-5(8)3-4(6)10-2-7-3/h4-5,8-11,13,15H,6-7,12H2,1-3H3,(H,27,32)(H,28,29);3-4,7-10,13H,5-6,11H2,1-2H3,(H,22,26);2H,6H2,1H3. The minimum atomic E-state index is -0.552. The molecule has 6 aromatic heterocycles. The van der Waals surface area contributed by atoms with Gasteiger partial charge in [0.05, 0.1) is 63.2 Å². The largest absolute Gasteiger partial charge is 0.497 e. The number of nitrogens with zero attached hydrogens (tertiary/aromatic N) is 10. The molecule has 0 bridgehead atoms. The number of hydrogen-bond acceptors (Lipinski definition) is 20. The minimum Gasteiger partial charge on any atom is -0.497 e. The average Bonchev–Trinajstić information content (AvgIpc) is 4.15. The van der Waals surface area contributed by atoms with Gasteiger partial charge in [0, 0.05) is 51.4 Å². The second-order valence-corrected chi connectivity index (χ2v) is 18.8. The third kappa shape index (κ3) is 12.5. The molecule has 2 aliphatic rings. The van der Waals surface area contributed by atoms with Crippen LogP contribution < -0.4 is 41.0 Å². The van der Waals surface area contributed by atoms with Gasteiger partial charge in [0.25, 0.3) is 11.8 Å². The van der Waals surface area contributed by atoms with Crippen molar-refractivity contribution in [1.82, 2.24) is 49.8 Å². The van der Waals surface area contributed by atoms with Gasteiger partial charge in [-0.2, -0.15) is 5.10 Å². The summed E-state index contributed by atoms with van der Waals surface area (Å²) >= 11 is 8.69. The Labute approximate surface area is 431 Å². The van der Waals surface area contributed by atoms with Crippen LogP contribution in [0.4, 0.5) is 27.2 Å². The third-order valence-corrected chi connectivity index (χ3v) is 12.9. The van der Waals surface area contributed by atoms with Crippen LogP contribution in [0.5, 0.6) is 11.5 Å². The maximum Gasteiger partial charge on any atom is 0.359 e. The summed E-state index contributed by atoms with van der Waals surface area (Å²) < 4.78 is 22.7. The number of thiazole rings is 2. The minimum absolute atomic E-state index is 0.162. The molecule has 10 rings (SSSR count). The van der Waals surface area contributed by atoms with E-state index in [0.29, 0.717) is 56.7 Å². The maximum atomic E-state index is 12.9. The number of amides is 2. The van der Waals surface area contributed by atoms with Gasteiger partial charge in [-0.1, -0.05) is 35.9 Å². The number of nitrogens with one attached hydrogen (secondary N) is 3. The molecule has 25 heteroatoms. The summed E-state index contributed by atoms with van der Waals surface area (Å²) in [5.74, 6) is 0.574. The van der Waals surface area contributed by atoms with Crippen molar-refractivity contribution >= 4 is 96.5 Å². The summed E-state index contributed by atoms with van der Waals surface area (Å²) in [6, 6.07) is 19.7. The fourth-order valence-corrected chi connectivity index (χ4v) is 8.53. The van der Waals surface area contributed by atoms with Crippen molar-refractivity contribution in [1.29, 1.82) is 0 Å². The van der Waals surface area contributed by atoms with Crippen LogP contribution >= 0.6 is 34.3 Å². The lowest BCUT2D eigenvalue weighted by molar-refractivity contribution is 0.0587. The second-order valence-electron chi connectivity index (χ2n) is 16.6. The van der Waals surface area contributed by atoms with Gasteiger partial charge in [-0.05, 0) is 61.1 Å². The van der Waals surface area contributed by atoms with Gasteiger partial charge < -0.3 is 50.4 Å². The molecule has 5 N–H and O–H groups in total. The Balaban J connectivity index is 0.000000168. The summed E-state index contributed by atoms with van der Waals surface area (Å²) in [4.78, 5) is 69.0. The van der Waals surface area contributed by atoms with Gasteiger partial charge in [0.1, 0.15) is 21.5 Å². The average molecular weight is 1050 g/mol. The van der Waals surface area contributed by atoms with Crippen LogP contribution in [0.2, 0.25) is 5.15 Å². The molecule has 2 aromatic carbocycles. The summed E-state index contributed by atoms with van der Waals surface area (Å²) in [5, 5.41) is 19.2. The zero-order chi connectivity index (χ0) is 51.8. The highest BCUT2D eigenvalue weighted by Gasteiger charge is 2.28. The smallest absolute Gasteiger partial charge is 0.359 e. The van der Waals surface area contributed by atoms with E-state index in [4.69, 9.17) is 31.5 Å². The highest BCUT2D eigenvalue weighted by Crippen LogP contribution is 2.31. The monoisotopic (exact) mass is 1050 g/mol. The second kappa shape index (κ2) is 23.0. The number of carbonyl (C=O) groups is 4. The molecular formula is C48H51ClN14O8S2. The molecular weight excluding hydrogens is 1000 g/mol. The Morgan fingerprint density at radius 3 is 1.60 bits per heavy atom. The molecule has 73 heavy (non-hydrogen) atoms. The molecule has 0 atom stereocenters. The van der Waals surface area contributed by atoms with Crippen LogP contribution in [0.3, 0.4) is 0 Å². The van der Waals surface area contributed by atoms with Crippen molar-refractivity contribution in [2.45, 2.75) is 50.9 Å². The summed E-state index contributed by atoms with van der Waals surface area (Å²) in [5.41, 5.74) is 14.4. The molecule has 22 nitrogen and oxygen atoms in total. The molecule has 0 aliphatic heterocycles. The van der Waals surface area contributed by atoms with Crippen molar-refractivity contribution in [3.05, 3.63) is 123 Å². The topological polar surface area (TPSA) is 260 Å². The Hall–Kier alpha value is -8.09. The number of imidazole rings is 2. The third-order valence-electron chi connectivity index (χ3n) is 11.3. The van der Waals surface area contributed by atoms with Crippen LogP contribution in [-0.2, 0) is 22.6 Å². The van der Waals surface area contributed by atoms with Crippen LogP contribution in [0.15, 0.2) is 84.1 Å². The van der Waals surface area contributed by atoms with Crippen molar-refractivity contribution < 1.29 is 38.1 Å². The number of nitrogens with two attached hydrogens (primary N) is 1. The fraction of sp³-hybridized carbons (Fsp3) is 0.292. The van der Waals surface area contributed by atoms with Crippen molar-refractivity contribution in [2.75, 3.05) is 63.4 Å². The number of benzene rings is 2. The van der Waals surface area contributed by atoms with Gasteiger partial charge in [0.2, 0.25) is 0 Å². The first kappa shape index (κ1) is 51.3. The van der Waals surface area contributed by atoms with Gasteiger partial charge in [-0.3, -0.25) is 9.59 Å². The fourth-order valence-electron chi connectivity index (χ4n) is 7.16. The number of fused-ring (bicyclic) bond motifs is 2. The zero-order valence-corrected chi connectivity index (χ0v) is 42.9. The Morgan fingerprint density at radius 2 is 1.14 bits per heavy atom. The Bertz CT molecular complexity index is 3240. The summed E-state index contributed by atoms with van der Waals surface area (Å²) in [6.45, 7) is 1.23. The lowest BCUT2D eigenvalue weighted by Crippen LogP contribution is -2.27. The highest BCUT2D eigenvalue weighted by molar-refractivity contribution is 7.14. The van der Waals surface area contributed by atoms with Gasteiger partial charge in [-0.15, -0.1) is 27.8 Å². The van der Waals surface area contributed by atoms with Crippen molar-refractivity contribution in [3.8, 4) is 11.5 Å². The molecule has 0 radical (unpaired) electrons. The van der Waals surface area contributed by atoms with E-state index in [9.17, 15) is 19.2 Å². The van der Waals surface area contributed by atoms with Crippen LogP contribution in [-0.4, -0.2) is 118 Å². The zero-order valence-electron chi connectivity index (χ0n) is 40.5. The molecule has 380 valence electrons. The van der Waals surface area contributed by atoms with Gasteiger partial charge >= 0.3 is 11.9 Å². The number of anilines is 5. The number of hydrogen-bond donors (Lipinski definition) is 4. The number of ether oxygens (including phenoxy) is 4.